The molecule has 1 amide bonds. The second-order valence-electron chi connectivity index (χ2n) is 9.34. The monoisotopic (exact) mass is 459 g/mol. The molecule has 1 heterocycles. The minimum atomic E-state index is -0.781. The van der Waals surface area contributed by atoms with E-state index in [1.807, 2.05) is 43.3 Å². The van der Waals surface area contributed by atoms with Crippen LogP contribution in [0.25, 0.3) is 5.76 Å². The van der Waals surface area contributed by atoms with Gasteiger partial charge in [-0.2, -0.15) is 0 Å². The molecule has 0 aliphatic carbocycles. The number of Topliss-reactive ketones (excluding diaryl/α,β-unsaturated/α-hetero) is 1. The number of carbonyl (C=O) groups excluding carboxylic acids is 2. The molecule has 4 nitrogen and oxygen atoms in total. The van der Waals surface area contributed by atoms with Crippen LogP contribution in [-0.2, 0) is 15.0 Å². The Balaban J connectivity index is 1.96. The molecule has 0 saturated carbocycles. The molecule has 1 atom stereocenters. The highest BCUT2D eigenvalue weighted by molar-refractivity contribution is 6.52. The standard InChI is InChI=1S/C28H26ClNO3/c1-17-10-15-21(29)16-22(17)30-24(18-11-13-20(14-12-18)28(2,3)4)23(26(32)27(30)33)25(31)19-8-6-5-7-9-19/h5-16,24,31H,1-4H3/b25-23+. The van der Waals surface area contributed by atoms with Crippen molar-refractivity contribution in [2.45, 2.75) is 39.2 Å². The number of halogens is 1. The molecule has 0 radical (unpaired) electrons. The third-order valence-electron chi connectivity index (χ3n) is 6.01. The van der Waals surface area contributed by atoms with Crippen LogP contribution in [0.4, 0.5) is 5.69 Å². The van der Waals surface area contributed by atoms with Crippen LogP contribution in [0.1, 0.15) is 49.1 Å². The number of anilines is 1. The van der Waals surface area contributed by atoms with E-state index in [1.54, 1.807) is 36.4 Å². The first-order valence-corrected chi connectivity index (χ1v) is 11.2. The molecule has 1 N–H and O–H groups in total. The van der Waals surface area contributed by atoms with Gasteiger partial charge in [-0.3, -0.25) is 14.5 Å². The Morgan fingerprint density at radius 1 is 0.939 bits per heavy atom. The summed E-state index contributed by atoms with van der Waals surface area (Å²) in [5.74, 6) is -1.61. The highest BCUT2D eigenvalue weighted by Crippen LogP contribution is 2.44. The number of aryl methyl sites for hydroxylation is 1. The Hall–Kier alpha value is -3.37. The van der Waals surface area contributed by atoms with Crippen LogP contribution in [0.15, 0.2) is 78.4 Å². The molecular formula is C28H26ClNO3. The summed E-state index contributed by atoms with van der Waals surface area (Å²) in [4.78, 5) is 28.0. The van der Waals surface area contributed by atoms with Gasteiger partial charge >= 0.3 is 0 Å². The molecule has 0 aromatic heterocycles. The van der Waals surface area contributed by atoms with Gasteiger partial charge in [0, 0.05) is 16.3 Å². The van der Waals surface area contributed by atoms with Crippen LogP contribution in [0.2, 0.25) is 5.02 Å². The number of ketones is 1. The summed E-state index contributed by atoms with van der Waals surface area (Å²) in [5.41, 5.74) is 3.71. The average molecular weight is 460 g/mol. The van der Waals surface area contributed by atoms with Crippen LogP contribution in [0.3, 0.4) is 0 Å². The van der Waals surface area contributed by atoms with E-state index in [0.29, 0.717) is 16.3 Å². The number of rotatable bonds is 3. The molecule has 1 fully saturated rings. The van der Waals surface area contributed by atoms with Crippen LogP contribution < -0.4 is 4.90 Å². The first-order chi connectivity index (χ1) is 15.6. The third-order valence-corrected chi connectivity index (χ3v) is 6.25. The van der Waals surface area contributed by atoms with Gasteiger partial charge in [-0.05, 0) is 41.2 Å². The topological polar surface area (TPSA) is 57.6 Å². The first kappa shape index (κ1) is 22.8. The summed E-state index contributed by atoms with van der Waals surface area (Å²) in [6.45, 7) is 8.23. The van der Waals surface area contributed by atoms with Crippen molar-refractivity contribution in [3.63, 3.8) is 0 Å². The SMILES string of the molecule is Cc1ccc(Cl)cc1N1C(=O)C(=O)/C(=C(/O)c2ccccc2)C1c1ccc(C(C)(C)C)cc1. The Morgan fingerprint density at radius 2 is 1.58 bits per heavy atom. The Kier molecular flexibility index (Phi) is 5.89. The average Bonchev–Trinajstić information content (AvgIpc) is 3.05. The molecule has 1 saturated heterocycles. The van der Waals surface area contributed by atoms with Gasteiger partial charge < -0.3 is 5.11 Å². The van der Waals surface area contributed by atoms with Crippen molar-refractivity contribution in [3.8, 4) is 0 Å². The summed E-state index contributed by atoms with van der Waals surface area (Å²) >= 11 is 6.25. The molecule has 5 heteroatoms. The number of hydrogen-bond donors (Lipinski definition) is 1. The highest BCUT2D eigenvalue weighted by atomic mass is 35.5. The lowest BCUT2D eigenvalue weighted by Crippen LogP contribution is -2.30. The lowest BCUT2D eigenvalue weighted by Gasteiger charge is -2.28. The molecule has 3 aromatic rings. The summed E-state index contributed by atoms with van der Waals surface area (Å²) in [6.07, 6.45) is 0. The highest BCUT2D eigenvalue weighted by Gasteiger charge is 2.47. The number of hydrogen-bond acceptors (Lipinski definition) is 3. The van der Waals surface area contributed by atoms with Crippen molar-refractivity contribution in [1.29, 1.82) is 0 Å². The molecule has 3 aromatic carbocycles. The summed E-state index contributed by atoms with van der Waals surface area (Å²) in [7, 11) is 0. The van der Waals surface area contributed by atoms with Gasteiger partial charge in [-0.15, -0.1) is 0 Å². The molecule has 1 aliphatic rings. The van der Waals surface area contributed by atoms with Crippen molar-refractivity contribution in [3.05, 3.63) is 106 Å². The molecule has 33 heavy (non-hydrogen) atoms. The van der Waals surface area contributed by atoms with E-state index in [-0.39, 0.29) is 16.7 Å². The molecular weight excluding hydrogens is 434 g/mol. The fourth-order valence-electron chi connectivity index (χ4n) is 4.16. The lowest BCUT2D eigenvalue weighted by atomic mass is 9.85. The number of amides is 1. The Bertz CT molecular complexity index is 1250. The molecule has 1 aliphatic heterocycles. The second kappa shape index (κ2) is 8.53. The largest absolute Gasteiger partial charge is 0.507 e. The zero-order valence-corrected chi connectivity index (χ0v) is 19.9. The van der Waals surface area contributed by atoms with Crippen LogP contribution in [-0.4, -0.2) is 16.8 Å². The molecule has 0 spiro atoms. The fourth-order valence-corrected chi connectivity index (χ4v) is 4.32. The minimum Gasteiger partial charge on any atom is -0.507 e. The van der Waals surface area contributed by atoms with E-state index in [0.717, 1.165) is 16.7 Å². The molecule has 0 bridgehead atoms. The number of carbonyl (C=O) groups is 2. The normalized spacial score (nSPS) is 18.1. The van der Waals surface area contributed by atoms with E-state index in [9.17, 15) is 14.7 Å². The Labute approximate surface area is 199 Å². The maximum absolute atomic E-state index is 13.3. The molecule has 168 valence electrons. The first-order valence-electron chi connectivity index (χ1n) is 10.8. The number of nitrogens with zero attached hydrogens (tertiary/aromatic N) is 1. The molecule has 4 rings (SSSR count). The van der Waals surface area contributed by atoms with Crippen molar-refractivity contribution < 1.29 is 14.7 Å². The van der Waals surface area contributed by atoms with Crippen molar-refractivity contribution in [2.75, 3.05) is 4.90 Å². The van der Waals surface area contributed by atoms with Crippen molar-refractivity contribution in [2.24, 2.45) is 0 Å². The maximum atomic E-state index is 13.3. The van der Waals surface area contributed by atoms with Crippen LogP contribution >= 0.6 is 11.6 Å². The van der Waals surface area contributed by atoms with Gasteiger partial charge in [0.2, 0.25) is 0 Å². The van der Waals surface area contributed by atoms with E-state index >= 15 is 0 Å². The second-order valence-corrected chi connectivity index (χ2v) is 9.77. The Morgan fingerprint density at radius 3 is 2.18 bits per heavy atom. The van der Waals surface area contributed by atoms with Crippen molar-refractivity contribution >= 4 is 34.7 Å². The molecule has 1 unspecified atom stereocenters. The minimum absolute atomic E-state index is 0.0477. The van der Waals surface area contributed by atoms with Crippen LogP contribution in [0, 0.1) is 6.92 Å². The van der Waals surface area contributed by atoms with E-state index in [2.05, 4.69) is 20.8 Å². The lowest BCUT2D eigenvalue weighted by molar-refractivity contribution is -0.132. The zero-order valence-electron chi connectivity index (χ0n) is 19.1. The predicted octanol–water partition coefficient (Wildman–Crippen LogP) is 6.57. The zero-order chi connectivity index (χ0) is 23.9. The van der Waals surface area contributed by atoms with Gasteiger partial charge in [0.15, 0.2) is 0 Å². The van der Waals surface area contributed by atoms with Gasteiger partial charge in [0.25, 0.3) is 11.7 Å². The van der Waals surface area contributed by atoms with Gasteiger partial charge in [-0.25, -0.2) is 0 Å². The fraction of sp³-hybridized carbons (Fsp3) is 0.214. The van der Waals surface area contributed by atoms with E-state index < -0.39 is 17.7 Å². The van der Waals surface area contributed by atoms with Crippen LogP contribution in [0.5, 0.6) is 0 Å². The third kappa shape index (κ3) is 4.19. The number of aliphatic hydroxyl groups excluding tert-OH is 1. The maximum Gasteiger partial charge on any atom is 0.300 e. The van der Waals surface area contributed by atoms with E-state index in [1.165, 1.54) is 4.90 Å². The summed E-state index contributed by atoms with van der Waals surface area (Å²) in [5, 5.41) is 11.6. The smallest absolute Gasteiger partial charge is 0.300 e. The summed E-state index contributed by atoms with van der Waals surface area (Å²) in [6, 6.07) is 21.1. The summed E-state index contributed by atoms with van der Waals surface area (Å²) < 4.78 is 0. The number of benzene rings is 3. The predicted molar refractivity (Wildman–Crippen MR) is 133 cm³/mol. The van der Waals surface area contributed by atoms with Crippen molar-refractivity contribution in [1.82, 2.24) is 0 Å². The number of aliphatic hydroxyl groups is 1. The van der Waals surface area contributed by atoms with Gasteiger partial charge in [0.1, 0.15) is 5.76 Å². The quantitative estimate of drug-likeness (QED) is 0.273. The van der Waals surface area contributed by atoms with E-state index in [4.69, 9.17) is 11.6 Å². The van der Waals surface area contributed by atoms with Gasteiger partial charge in [-0.1, -0.05) is 93.0 Å². The van der Waals surface area contributed by atoms with Gasteiger partial charge in [0.05, 0.1) is 11.6 Å².